The molecule has 4 aromatic heterocycles. The van der Waals surface area contributed by atoms with Crippen LogP contribution in [0, 0.1) is 6.92 Å². The van der Waals surface area contributed by atoms with Gasteiger partial charge in [-0.15, -0.1) is 10.2 Å². The van der Waals surface area contributed by atoms with Crippen LogP contribution >= 0.6 is 0 Å². The standard InChI is InChI=1S/C27H16N6O/c1-15-6-8-16(9-7-15)26-32-33-27(34-26)17-10-11-20-21(14-17)31-25-19-5-3-13-29-23(19)22-18(24(25)30-20)4-2-12-28-22/h2-14H,1H3. The first kappa shape index (κ1) is 18.8. The van der Waals surface area contributed by atoms with Gasteiger partial charge in [0.2, 0.25) is 11.8 Å². The smallest absolute Gasteiger partial charge is 0.248 e. The van der Waals surface area contributed by atoms with Crippen molar-refractivity contribution in [2.45, 2.75) is 6.92 Å². The van der Waals surface area contributed by atoms with Crippen molar-refractivity contribution >= 4 is 43.9 Å². The molecule has 0 saturated carbocycles. The van der Waals surface area contributed by atoms with Crippen molar-refractivity contribution in [2.24, 2.45) is 0 Å². The molecule has 160 valence electrons. The van der Waals surface area contributed by atoms with Crippen LogP contribution in [0.3, 0.4) is 0 Å². The van der Waals surface area contributed by atoms with Crippen molar-refractivity contribution in [1.82, 2.24) is 30.1 Å². The number of aryl methyl sites for hydroxylation is 1. The number of hydrogen-bond donors (Lipinski definition) is 0. The highest BCUT2D eigenvalue weighted by Gasteiger charge is 2.15. The summed E-state index contributed by atoms with van der Waals surface area (Å²) in [7, 11) is 0. The van der Waals surface area contributed by atoms with Gasteiger partial charge in [-0.05, 0) is 61.5 Å². The van der Waals surface area contributed by atoms with Gasteiger partial charge >= 0.3 is 0 Å². The van der Waals surface area contributed by atoms with Gasteiger partial charge in [0.25, 0.3) is 0 Å². The maximum absolute atomic E-state index is 5.97. The molecule has 7 heteroatoms. The van der Waals surface area contributed by atoms with Crippen LogP contribution in [-0.4, -0.2) is 30.1 Å². The van der Waals surface area contributed by atoms with Gasteiger partial charge in [-0.3, -0.25) is 9.97 Å². The van der Waals surface area contributed by atoms with Crippen molar-refractivity contribution in [3.63, 3.8) is 0 Å². The summed E-state index contributed by atoms with van der Waals surface area (Å²) < 4.78 is 5.97. The lowest BCUT2D eigenvalue weighted by Crippen LogP contribution is -1.94. The molecule has 0 aliphatic heterocycles. The quantitative estimate of drug-likeness (QED) is 0.244. The van der Waals surface area contributed by atoms with Crippen LogP contribution in [-0.2, 0) is 0 Å². The predicted octanol–water partition coefficient (Wildman–Crippen LogP) is 5.90. The fourth-order valence-corrected chi connectivity index (χ4v) is 4.29. The predicted molar refractivity (Wildman–Crippen MR) is 131 cm³/mol. The first-order chi connectivity index (χ1) is 16.7. The maximum Gasteiger partial charge on any atom is 0.248 e. The first-order valence-corrected chi connectivity index (χ1v) is 10.9. The van der Waals surface area contributed by atoms with Crippen molar-refractivity contribution in [1.29, 1.82) is 0 Å². The fourth-order valence-electron chi connectivity index (χ4n) is 4.29. The summed E-state index contributed by atoms with van der Waals surface area (Å²) in [4.78, 5) is 19.1. The minimum absolute atomic E-state index is 0.439. The Morgan fingerprint density at radius 1 is 0.588 bits per heavy atom. The number of rotatable bonds is 2. The lowest BCUT2D eigenvalue weighted by molar-refractivity contribution is 0.584. The average Bonchev–Trinajstić information content (AvgIpc) is 3.38. The molecular formula is C27H16N6O. The second-order valence-corrected chi connectivity index (χ2v) is 8.20. The van der Waals surface area contributed by atoms with Gasteiger partial charge in [0.1, 0.15) is 0 Å². The zero-order valence-corrected chi connectivity index (χ0v) is 18.1. The Hall–Kier alpha value is -4.78. The molecule has 0 unspecified atom stereocenters. The second kappa shape index (κ2) is 7.11. The lowest BCUT2D eigenvalue weighted by atomic mass is 10.1. The second-order valence-electron chi connectivity index (χ2n) is 8.20. The van der Waals surface area contributed by atoms with Gasteiger partial charge in [-0.1, -0.05) is 17.7 Å². The van der Waals surface area contributed by atoms with E-state index in [-0.39, 0.29) is 0 Å². The third kappa shape index (κ3) is 2.84. The van der Waals surface area contributed by atoms with Crippen LogP contribution in [0.15, 0.2) is 83.5 Å². The summed E-state index contributed by atoms with van der Waals surface area (Å²) in [6, 6.07) is 21.6. The molecule has 0 radical (unpaired) electrons. The van der Waals surface area contributed by atoms with E-state index in [1.165, 1.54) is 5.56 Å². The van der Waals surface area contributed by atoms with Gasteiger partial charge in [0.15, 0.2) is 0 Å². The largest absolute Gasteiger partial charge is 0.416 e. The van der Waals surface area contributed by atoms with E-state index in [2.05, 4.69) is 20.2 Å². The highest BCUT2D eigenvalue weighted by molar-refractivity contribution is 6.21. The molecular weight excluding hydrogens is 424 g/mol. The number of benzene rings is 3. The SMILES string of the molecule is Cc1ccc(-c2nnc(-c3ccc4nc5c6cccnc6c6ncccc6c5nc4c3)o2)cc1. The van der Waals surface area contributed by atoms with Crippen LogP contribution in [0.2, 0.25) is 0 Å². The number of fused-ring (bicyclic) bond motifs is 7. The fraction of sp³-hybridized carbons (Fsp3) is 0.0370. The molecule has 7 aromatic rings. The summed E-state index contributed by atoms with van der Waals surface area (Å²) >= 11 is 0. The summed E-state index contributed by atoms with van der Waals surface area (Å²) in [6.45, 7) is 2.04. The van der Waals surface area contributed by atoms with Gasteiger partial charge < -0.3 is 4.42 Å². The Morgan fingerprint density at radius 2 is 1.18 bits per heavy atom. The molecule has 7 rings (SSSR count). The maximum atomic E-state index is 5.97. The van der Waals surface area contributed by atoms with Crippen molar-refractivity contribution in [3.05, 3.63) is 84.7 Å². The summed E-state index contributed by atoms with van der Waals surface area (Å²) in [5.74, 6) is 0.921. The summed E-state index contributed by atoms with van der Waals surface area (Å²) in [6.07, 6.45) is 3.55. The van der Waals surface area contributed by atoms with Crippen LogP contribution in [0.1, 0.15) is 5.56 Å². The molecule has 0 bridgehead atoms. The summed E-state index contributed by atoms with van der Waals surface area (Å²) in [5, 5.41) is 10.3. The monoisotopic (exact) mass is 440 g/mol. The Kier molecular flexibility index (Phi) is 3.92. The topological polar surface area (TPSA) is 90.5 Å². The third-order valence-electron chi connectivity index (χ3n) is 5.98. The third-order valence-corrected chi connectivity index (χ3v) is 5.98. The van der Waals surface area contributed by atoms with Gasteiger partial charge in [-0.2, -0.15) is 0 Å². The van der Waals surface area contributed by atoms with E-state index in [1.807, 2.05) is 73.7 Å². The van der Waals surface area contributed by atoms with Gasteiger partial charge in [0.05, 0.1) is 33.1 Å². The molecule has 0 fully saturated rings. The zero-order valence-electron chi connectivity index (χ0n) is 18.1. The van der Waals surface area contributed by atoms with E-state index in [1.54, 1.807) is 12.4 Å². The minimum Gasteiger partial charge on any atom is -0.416 e. The van der Waals surface area contributed by atoms with E-state index >= 15 is 0 Å². The van der Waals surface area contributed by atoms with Gasteiger partial charge in [-0.25, -0.2) is 9.97 Å². The number of hydrogen-bond acceptors (Lipinski definition) is 7. The Balaban J connectivity index is 1.43. The highest BCUT2D eigenvalue weighted by Crippen LogP contribution is 2.33. The van der Waals surface area contributed by atoms with Crippen LogP contribution in [0.4, 0.5) is 0 Å². The highest BCUT2D eigenvalue weighted by atomic mass is 16.4. The normalized spacial score (nSPS) is 11.7. The molecule has 0 amide bonds. The van der Waals surface area contributed by atoms with Crippen molar-refractivity contribution < 1.29 is 4.42 Å². The van der Waals surface area contributed by atoms with E-state index < -0.39 is 0 Å². The molecule has 0 spiro atoms. The van der Waals surface area contributed by atoms with E-state index in [4.69, 9.17) is 14.4 Å². The van der Waals surface area contributed by atoms with Crippen LogP contribution in [0.5, 0.6) is 0 Å². The molecule has 0 aliphatic rings. The lowest BCUT2D eigenvalue weighted by Gasteiger charge is -2.09. The molecule has 7 nitrogen and oxygen atoms in total. The molecule has 0 saturated heterocycles. The van der Waals surface area contributed by atoms with Gasteiger partial charge in [0, 0.05) is 34.3 Å². The van der Waals surface area contributed by atoms with E-state index in [0.717, 1.165) is 55.0 Å². The van der Waals surface area contributed by atoms with Crippen LogP contribution in [0.25, 0.3) is 66.8 Å². The number of nitrogens with zero attached hydrogens (tertiary/aromatic N) is 6. The number of aromatic nitrogens is 6. The van der Waals surface area contributed by atoms with E-state index in [0.29, 0.717) is 11.8 Å². The Labute approximate surface area is 193 Å². The summed E-state index contributed by atoms with van der Waals surface area (Å²) in [5.41, 5.74) is 7.61. The average molecular weight is 440 g/mol. The Morgan fingerprint density at radius 3 is 1.85 bits per heavy atom. The zero-order chi connectivity index (χ0) is 22.6. The molecule has 34 heavy (non-hydrogen) atoms. The molecule has 0 aliphatic carbocycles. The first-order valence-electron chi connectivity index (χ1n) is 10.9. The van der Waals surface area contributed by atoms with Crippen molar-refractivity contribution in [3.8, 4) is 22.9 Å². The molecule has 4 heterocycles. The van der Waals surface area contributed by atoms with Crippen LogP contribution < -0.4 is 0 Å². The minimum atomic E-state index is 0.439. The molecule has 0 N–H and O–H groups in total. The van der Waals surface area contributed by atoms with Crippen molar-refractivity contribution in [2.75, 3.05) is 0 Å². The molecule has 0 atom stereocenters. The van der Waals surface area contributed by atoms with E-state index in [9.17, 15) is 0 Å². The Bertz CT molecular complexity index is 1870. The number of pyridine rings is 2. The molecule has 3 aromatic carbocycles.